The van der Waals surface area contributed by atoms with Crippen molar-refractivity contribution in [3.05, 3.63) is 84.2 Å². The largest absolute Gasteiger partial charge is 0.369 e. The van der Waals surface area contributed by atoms with Crippen LogP contribution in [0.4, 0.5) is 10.1 Å². The molecular weight excluding hydrogens is 413 g/mol. The van der Waals surface area contributed by atoms with E-state index in [2.05, 4.69) is 56.8 Å². The fourth-order valence-corrected chi connectivity index (χ4v) is 4.61. The molecule has 1 aliphatic heterocycles. The van der Waals surface area contributed by atoms with Crippen molar-refractivity contribution in [2.24, 2.45) is 5.73 Å². The third-order valence-electron chi connectivity index (χ3n) is 6.42. The Morgan fingerprint density at radius 2 is 1.58 bits per heavy atom. The lowest BCUT2D eigenvalue weighted by Gasteiger charge is -2.36. The molecule has 0 bridgehead atoms. The third kappa shape index (κ3) is 4.77. The summed E-state index contributed by atoms with van der Waals surface area (Å²) in [5.74, 6) is 0.819. The minimum Gasteiger partial charge on any atom is -0.369 e. The van der Waals surface area contributed by atoms with Crippen LogP contribution in [0.25, 0.3) is 22.4 Å². The molecule has 3 aromatic carbocycles. The van der Waals surface area contributed by atoms with E-state index in [1.165, 1.54) is 17.7 Å². The summed E-state index contributed by atoms with van der Waals surface area (Å²) in [6, 6.07) is 23.9. The van der Waals surface area contributed by atoms with Crippen LogP contribution >= 0.6 is 0 Å². The molecule has 0 radical (unpaired) electrons. The van der Waals surface area contributed by atoms with Gasteiger partial charge in [0.2, 0.25) is 0 Å². The molecule has 6 heteroatoms. The van der Waals surface area contributed by atoms with Crippen LogP contribution in [-0.4, -0.2) is 47.2 Å². The number of para-hydroxylation sites is 2. The number of hydrogen-bond acceptors (Lipinski definition) is 4. The Balaban J connectivity index is 1.26. The van der Waals surface area contributed by atoms with Crippen LogP contribution in [0, 0.1) is 5.82 Å². The minimum absolute atomic E-state index is 0.184. The van der Waals surface area contributed by atoms with Crippen molar-refractivity contribution < 1.29 is 4.39 Å². The summed E-state index contributed by atoms with van der Waals surface area (Å²) in [4.78, 5) is 9.71. The number of anilines is 1. The van der Waals surface area contributed by atoms with E-state index < -0.39 is 0 Å². The van der Waals surface area contributed by atoms with Gasteiger partial charge < -0.3 is 15.2 Å². The van der Waals surface area contributed by atoms with Crippen LogP contribution in [0.2, 0.25) is 0 Å². The zero-order valence-electron chi connectivity index (χ0n) is 18.8. The average Bonchev–Trinajstić information content (AvgIpc) is 3.23. The maximum Gasteiger partial charge on any atom is 0.141 e. The summed E-state index contributed by atoms with van der Waals surface area (Å²) in [6.45, 7) is 6.36. The van der Waals surface area contributed by atoms with Gasteiger partial charge in [-0.3, -0.25) is 4.90 Å². The van der Waals surface area contributed by atoms with Gasteiger partial charge in [-0.15, -0.1) is 0 Å². The molecule has 1 aromatic heterocycles. The quantitative estimate of drug-likeness (QED) is 0.457. The van der Waals surface area contributed by atoms with Gasteiger partial charge >= 0.3 is 0 Å². The predicted octanol–water partition coefficient (Wildman–Crippen LogP) is 4.51. The van der Waals surface area contributed by atoms with Crippen LogP contribution in [-0.2, 0) is 13.1 Å². The topological polar surface area (TPSA) is 50.3 Å². The molecule has 170 valence electrons. The number of benzene rings is 3. The smallest absolute Gasteiger partial charge is 0.141 e. The van der Waals surface area contributed by atoms with E-state index in [1.54, 1.807) is 0 Å². The van der Waals surface area contributed by atoms with E-state index in [1.807, 2.05) is 18.2 Å². The number of aromatic nitrogens is 2. The number of hydrogen-bond donors (Lipinski definition) is 1. The number of aryl methyl sites for hydroxylation is 1. The lowest BCUT2D eigenvalue weighted by molar-refractivity contribution is 0.250. The monoisotopic (exact) mass is 443 g/mol. The molecule has 0 saturated carbocycles. The van der Waals surface area contributed by atoms with Crippen molar-refractivity contribution in [1.82, 2.24) is 14.5 Å². The summed E-state index contributed by atoms with van der Waals surface area (Å²) in [5, 5.41) is 0. The standard InChI is InChI=1S/C27H30FN5/c28-23-10-12-24(13-11-23)32-18-16-31(17-19-32)20-21-6-8-22(9-7-21)27-30-25-4-1-2-5-26(25)33(27)15-3-14-29/h1-2,4-13H,3,14-20,29H2. The first-order valence-electron chi connectivity index (χ1n) is 11.7. The highest BCUT2D eigenvalue weighted by atomic mass is 19.1. The third-order valence-corrected chi connectivity index (χ3v) is 6.42. The van der Waals surface area contributed by atoms with Gasteiger partial charge in [0.15, 0.2) is 0 Å². The number of fused-ring (bicyclic) bond motifs is 1. The fraction of sp³-hybridized carbons (Fsp3) is 0.296. The summed E-state index contributed by atoms with van der Waals surface area (Å²) in [5.41, 5.74) is 11.5. The zero-order chi connectivity index (χ0) is 22.6. The summed E-state index contributed by atoms with van der Waals surface area (Å²) in [6.07, 6.45) is 0.926. The van der Waals surface area contributed by atoms with Crippen molar-refractivity contribution in [1.29, 1.82) is 0 Å². The van der Waals surface area contributed by atoms with Gasteiger partial charge in [-0.05, 0) is 54.9 Å². The molecule has 1 aliphatic rings. The lowest BCUT2D eigenvalue weighted by Crippen LogP contribution is -2.45. The second-order valence-corrected chi connectivity index (χ2v) is 8.65. The highest BCUT2D eigenvalue weighted by Crippen LogP contribution is 2.26. The van der Waals surface area contributed by atoms with E-state index in [4.69, 9.17) is 10.7 Å². The van der Waals surface area contributed by atoms with Crippen LogP contribution in [0.3, 0.4) is 0 Å². The molecule has 1 fully saturated rings. The molecule has 2 heterocycles. The zero-order valence-corrected chi connectivity index (χ0v) is 18.8. The highest BCUT2D eigenvalue weighted by Gasteiger charge is 2.18. The van der Waals surface area contributed by atoms with Gasteiger partial charge in [0.25, 0.3) is 0 Å². The van der Waals surface area contributed by atoms with Crippen LogP contribution in [0.15, 0.2) is 72.8 Å². The number of piperazine rings is 1. The second-order valence-electron chi connectivity index (χ2n) is 8.65. The first-order valence-corrected chi connectivity index (χ1v) is 11.7. The van der Waals surface area contributed by atoms with Crippen molar-refractivity contribution in [2.45, 2.75) is 19.5 Å². The van der Waals surface area contributed by atoms with Crippen molar-refractivity contribution >= 4 is 16.7 Å². The van der Waals surface area contributed by atoms with Gasteiger partial charge in [-0.25, -0.2) is 9.37 Å². The summed E-state index contributed by atoms with van der Waals surface area (Å²) >= 11 is 0. The molecule has 0 aliphatic carbocycles. The second kappa shape index (κ2) is 9.73. The SMILES string of the molecule is NCCCn1c(-c2ccc(CN3CCN(c4ccc(F)cc4)CC3)cc2)nc2ccccc21. The maximum atomic E-state index is 13.2. The molecule has 5 nitrogen and oxygen atoms in total. The Labute approximate surface area is 194 Å². The minimum atomic E-state index is -0.184. The van der Waals surface area contributed by atoms with Crippen LogP contribution in [0.1, 0.15) is 12.0 Å². The predicted molar refractivity (Wildman–Crippen MR) is 133 cm³/mol. The molecule has 0 spiro atoms. The van der Waals surface area contributed by atoms with Crippen molar-refractivity contribution in [3.8, 4) is 11.4 Å². The Hall–Kier alpha value is -3.22. The Morgan fingerprint density at radius 3 is 2.30 bits per heavy atom. The molecule has 0 amide bonds. The molecule has 4 aromatic rings. The lowest BCUT2D eigenvalue weighted by atomic mass is 10.1. The number of imidazole rings is 1. The van der Waals surface area contributed by atoms with Crippen molar-refractivity contribution in [2.75, 3.05) is 37.6 Å². The van der Waals surface area contributed by atoms with Crippen LogP contribution < -0.4 is 10.6 Å². The van der Waals surface area contributed by atoms with Gasteiger partial charge in [0, 0.05) is 50.5 Å². The molecule has 0 unspecified atom stereocenters. The Kier molecular flexibility index (Phi) is 6.37. The normalized spacial score (nSPS) is 14.8. The highest BCUT2D eigenvalue weighted by molar-refractivity contribution is 5.80. The van der Waals surface area contributed by atoms with E-state index in [0.717, 1.165) is 73.8 Å². The molecular formula is C27H30FN5. The van der Waals surface area contributed by atoms with E-state index >= 15 is 0 Å². The first-order chi connectivity index (χ1) is 16.2. The van der Waals surface area contributed by atoms with Crippen LogP contribution in [0.5, 0.6) is 0 Å². The number of rotatable bonds is 7. The summed E-state index contributed by atoms with van der Waals surface area (Å²) in [7, 11) is 0. The van der Waals surface area contributed by atoms with Gasteiger partial charge in [0.1, 0.15) is 11.6 Å². The molecule has 2 N–H and O–H groups in total. The van der Waals surface area contributed by atoms with Gasteiger partial charge in [-0.2, -0.15) is 0 Å². The average molecular weight is 444 g/mol. The fourth-order valence-electron chi connectivity index (χ4n) is 4.61. The number of nitrogens with zero attached hydrogens (tertiary/aromatic N) is 4. The number of nitrogens with two attached hydrogens (primary N) is 1. The van der Waals surface area contributed by atoms with E-state index in [0.29, 0.717) is 6.54 Å². The summed E-state index contributed by atoms with van der Waals surface area (Å²) < 4.78 is 15.5. The molecule has 33 heavy (non-hydrogen) atoms. The van der Waals surface area contributed by atoms with E-state index in [9.17, 15) is 4.39 Å². The molecule has 0 atom stereocenters. The Morgan fingerprint density at radius 1 is 0.848 bits per heavy atom. The maximum absolute atomic E-state index is 13.2. The molecule has 5 rings (SSSR count). The Bertz CT molecular complexity index is 1190. The van der Waals surface area contributed by atoms with Gasteiger partial charge in [-0.1, -0.05) is 36.4 Å². The molecule has 1 saturated heterocycles. The number of halogens is 1. The first kappa shape index (κ1) is 21.6. The van der Waals surface area contributed by atoms with Gasteiger partial charge in [0.05, 0.1) is 11.0 Å². The van der Waals surface area contributed by atoms with Crippen molar-refractivity contribution in [3.63, 3.8) is 0 Å². The van der Waals surface area contributed by atoms with E-state index in [-0.39, 0.29) is 5.82 Å².